The Labute approximate surface area is 125 Å². The van der Waals surface area contributed by atoms with Gasteiger partial charge in [0, 0.05) is 0 Å². The maximum absolute atomic E-state index is 12.5. The molecule has 2 aromatic rings. The van der Waals surface area contributed by atoms with Crippen molar-refractivity contribution in [3.8, 4) is 0 Å². The average molecular weight is 330 g/mol. The molecule has 0 aliphatic rings. The third kappa shape index (κ3) is 3.31. The molecule has 3 nitrogen and oxygen atoms in total. The molecule has 0 aliphatic carbocycles. The zero-order valence-electron chi connectivity index (χ0n) is 11.3. The summed E-state index contributed by atoms with van der Waals surface area (Å²) in [4.78, 5) is -0.261. The maximum atomic E-state index is 12.5. The Bertz CT molecular complexity index is 723. The van der Waals surface area contributed by atoms with Crippen LogP contribution in [0.1, 0.15) is 16.4 Å². The topological polar surface area (TPSA) is 54.4 Å². The molecule has 2 aromatic carbocycles. The van der Waals surface area contributed by atoms with Gasteiger partial charge in [0.25, 0.3) is 0 Å². The van der Waals surface area contributed by atoms with Gasteiger partial charge in [-0.1, -0.05) is 30.3 Å². The molecule has 0 bridgehead atoms. The van der Waals surface area contributed by atoms with Crippen LogP contribution in [0.3, 0.4) is 0 Å². The van der Waals surface area contributed by atoms with Gasteiger partial charge in [-0.05, 0) is 29.8 Å². The molecule has 1 atom stereocenters. The van der Waals surface area contributed by atoms with Gasteiger partial charge in [0.1, 0.15) is 5.25 Å². The van der Waals surface area contributed by atoms with Crippen LogP contribution < -0.4 is 0 Å². The second-order valence-corrected chi connectivity index (χ2v) is 6.78. The minimum absolute atomic E-state index is 0.261. The lowest BCUT2D eigenvalue weighted by Gasteiger charge is -2.16. The molecule has 0 spiro atoms. The smallest absolute Gasteiger partial charge is 0.395 e. The van der Waals surface area contributed by atoms with Gasteiger partial charge in [0.05, 0.1) is 17.1 Å². The van der Waals surface area contributed by atoms with E-state index in [1.54, 1.807) is 30.3 Å². The van der Waals surface area contributed by atoms with Crippen molar-refractivity contribution in [1.82, 2.24) is 0 Å². The lowest BCUT2D eigenvalue weighted by molar-refractivity contribution is -0.137. The first-order valence-electron chi connectivity index (χ1n) is 6.34. The minimum atomic E-state index is -4.53. The Morgan fingerprint density at radius 3 is 1.95 bits per heavy atom. The van der Waals surface area contributed by atoms with E-state index in [1.165, 1.54) is 0 Å². The highest BCUT2D eigenvalue weighted by Crippen LogP contribution is 2.32. The van der Waals surface area contributed by atoms with Crippen LogP contribution in [0.25, 0.3) is 0 Å². The van der Waals surface area contributed by atoms with Crippen LogP contribution in [0.15, 0.2) is 59.5 Å². The van der Waals surface area contributed by atoms with E-state index in [4.69, 9.17) is 0 Å². The summed E-state index contributed by atoms with van der Waals surface area (Å²) >= 11 is 0. The largest absolute Gasteiger partial charge is 0.416 e. The predicted molar refractivity (Wildman–Crippen MR) is 74.9 cm³/mol. The van der Waals surface area contributed by atoms with Gasteiger partial charge in [0.2, 0.25) is 0 Å². The summed E-state index contributed by atoms with van der Waals surface area (Å²) in [6.45, 7) is -0.659. The molecule has 0 aromatic heterocycles. The molecule has 0 radical (unpaired) electrons. The van der Waals surface area contributed by atoms with Gasteiger partial charge in [0.15, 0.2) is 9.84 Å². The first-order chi connectivity index (χ1) is 10.3. The Balaban J connectivity index is 2.41. The molecule has 2 rings (SSSR count). The number of hydrogen-bond donors (Lipinski definition) is 1. The zero-order chi connectivity index (χ0) is 16.4. The number of rotatable bonds is 4. The summed E-state index contributed by atoms with van der Waals surface area (Å²) < 4.78 is 62.5. The van der Waals surface area contributed by atoms with Gasteiger partial charge in [-0.2, -0.15) is 13.2 Å². The Kier molecular flexibility index (Phi) is 4.58. The van der Waals surface area contributed by atoms with Gasteiger partial charge in [-0.25, -0.2) is 8.42 Å². The van der Waals surface area contributed by atoms with E-state index in [0.29, 0.717) is 17.7 Å². The van der Waals surface area contributed by atoms with Crippen LogP contribution in [0.4, 0.5) is 13.2 Å². The van der Waals surface area contributed by atoms with Crippen LogP contribution in [-0.4, -0.2) is 20.1 Å². The minimum Gasteiger partial charge on any atom is -0.395 e. The van der Waals surface area contributed by atoms with E-state index in [0.717, 1.165) is 12.1 Å². The lowest BCUT2D eigenvalue weighted by atomic mass is 10.2. The molecule has 1 N–H and O–H groups in total. The second-order valence-electron chi connectivity index (χ2n) is 4.65. The first-order valence-corrected chi connectivity index (χ1v) is 7.88. The van der Waals surface area contributed by atoms with E-state index in [1.807, 2.05) is 0 Å². The van der Waals surface area contributed by atoms with Crippen LogP contribution in [-0.2, 0) is 16.0 Å². The molecule has 118 valence electrons. The standard InChI is InChI=1S/C15H13F3O3S/c16-15(17,18)12-6-8-13(9-7-12)22(20,21)14(10-19)11-4-2-1-3-5-11/h1-9,14,19H,10H2. The van der Waals surface area contributed by atoms with E-state index in [9.17, 15) is 26.7 Å². The number of halogens is 3. The van der Waals surface area contributed by atoms with Gasteiger partial charge >= 0.3 is 6.18 Å². The molecule has 0 aliphatic heterocycles. The number of hydrogen-bond acceptors (Lipinski definition) is 3. The fourth-order valence-electron chi connectivity index (χ4n) is 2.05. The number of sulfone groups is 1. The zero-order valence-corrected chi connectivity index (χ0v) is 12.1. The van der Waals surface area contributed by atoms with Crippen molar-refractivity contribution in [3.63, 3.8) is 0 Å². The number of alkyl halides is 3. The van der Waals surface area contributed by atoms with E-state index < -0.39 is 33.4 Å². The molecular formula is C15H13F3O3S. The molecule has 0 heterocycles. The normalized spacial score (nSPS) is 13.8. The quantitative estimate of drug-likeness (QED) is 0.936. The Morgan fingerprint density at radius 1 is 0.955 bits per heavy atom. The molecular weight excluding hydrogens is 317 g/mol. The summed E-state index contributed by atoms with van der Waals surface area (Å²) in [5.41, 5.74) is -0.545. The van der Waals surface area contributed by atoms with Crippen LogP contribution in [0.2, 0.25) is 0 Å². The van der Waals surface area contributed by atoms with Crippen molar-refractivity contribution >= 4 is 9.84 Å². The molecule has 0 saturated heterocycles. The SMILES string of the molecule is O=S(=O)(c1ccc(C(F)(F)F)cc1)C(CO)c1ccccc1. The second kappa shape index (κ2) is 6.10. The summed E-state index contributed by atoms with van der Waals surface area (Å²) in [6, 6.07) is 11.3. The van der Waals surface area contributed by atoms with Crippen molar-refractivity contribution in [2.24, 2.45) is 0 Å². The van der Waals surface area contributed by atoms with Gasteiger partial charge in [-0.15, -0.1) is 0 Å². The third-order valence-corrected chi connectivity index (χ3v) is 5.32. The summed E-state index contributed by atoms with van der Waals surface area (Å²) in [5, 5.41) is 8.18. The van der Waals surface area contributed by atoms with Crippen molar-refractivity contribution in [3.05, 3.63) is 65.7 Å². The summed E-state index contributed by atoms with van der Waals surface area (Å²) in [6.07, 6.45) is -4.53. The highest BCUT2D eigenvalue weighted by atomic mass is 32.2. The molecule has 0 fully saturated rings. The third-order valence-electron chi connectivity index (χ3n) is 3.22. The van der Waals surface area contributed by atoms with Crippen molar-refractivity contribution in [2.75, 3.05) is 6.61 Å². The molecule has 0 amide bonds. The predicted octanol–water partition coefficient (Wildman–Crippen LogP) is 3.21. The number of aliphatic hydroxyl groups is 1. The monoisotopic (exact) mass is 330 g/mol. The maximum Gasteiger partial charge on any atom is 0.416 e. The molecule has 1 unspecified atom stereocenters. The van der Waals surface area contributed by atoms with Crippen LogP contribution in [0.5, 0.6) is 0 Å². The average Bonchev–Trinajstić information content (AvgIpc) is 2.48. The van der Waals surface area contributed by atoms with Crippen molar-refractivity contribution in [1.29, 1.82) is 0 Å². The Morgan fingerprint density at radius 2 is 1.50 bits per heavy atom. The molecule has 22 heavy (non-hydrogen) atoms. The van der Waals surface area contributed by atoms with Gasteiger partial charge < -0.3 is 5.11 Å². The number of aliphatic hydroxyl groups excluding tert-OH is 1. The lowest BCUT2D eigenvalue weighted by Crippen LogP contribution is -2.17. The van der Waals surface area contributed by atoms with E-state index >= 15 is 0 Å². The van der Waals surface area contributed by atoms with Crippen molar-refractivity contribution < 1.29 is 26.7 Å². The molecule has 0 saturated carbocycles. The first kappa shape index (κ1) is 16.5. The molecule has 7 heteroatoms. The van der Waals surface area contributed by atoms with E-state index in [2.05, 4.69) is 0 Å². The summed E-state index contributed by atoms with van der Waals surface area (Å²) in [7, 11) is -3.98. The summed E-state index contributed by atoms with van der Waals surface area (Å²) in [5.74, 6) is 0. The fourth-order valence-corrected chi connectivity index (χ4v) is 3.60. The Hall–Kier alpha value is -1.86. The number of benzene rings is 2. The fraction of sp³-hybridized carbons (Fsp3) is 0.200. The van der Waals surface area contributed by atoms with Crippen LogP contribution in [0, 0.1) is 0 Å². The van der Waals surface area contributed by atoms with Crippen molar-refractivity contribution in [2.45, 2.75) is 16.3 Å². The van der Waals surface area contributed by atoms with Crippen LogP contribution >= 0.6 is 0 Å². The van der Waals surface area contributed by atoms with Gasteiger partial charge in [-0.3, -0.25) is 0 Å². The highest BCUT2D eigenvalue weighted by Gasteiger charge is 2.32. The van der Waals surface area contributed by atoms with E-state index in [-0.39, 0.29) is 4.90 Å². The highest BCUT2D eigenvalue weighted by molar-refractivity contribution is 7.91.